The van der Waals surface area contributed by atoms with Crippen LogP contribution in [0.5, 0.6) is 0 Å². The fourth-order valence-corrected chi connectivity index (χ4v) is 4.91. The zero-order valence-electron chi connectivity index (χ0n) is 11.0. The molecule has 8 heteroatoms. The normalized spacial score (nSPS) is 10.7. The van der Waals surface area contributed by atoms with Gasteiger partial charge in [-0.25, -0.2) is 4.98 Å². The Morgan fingerprint density at radius 3 is 3.10 bits per heavy atom. The van der Waals surface area contributed by atoms with Gasteiger partial charge in [0.05, 0.1) is 10.6 Å². The van der Waals surface area contributed by atoms with Crippen molar-refractivity contribution in [3.8, 4) is 9.88 Å². The number of nitrogens with zero attached hydrogens (tertiary/aromatic N) is 3. The van der Waals surface area contributed by atoms with Crippen molar-refractivity contribution in [3.05, 3.63) is 41.2 Å². The second-order valence-electron chi connectivity index (χ2n) is 3.95. The molecule has 1 N–H and O–H groups in total. The molecule has 0 unspecified atom stereocenters. The molecule has 4 nitrogen and oxygen atoms in total. The molecule has 0 bridgehead atoms. The van der Waals surface area contributed by atoms with Gasteiger partial charge in [-0.15, -0.1) is 39.4 Å². The Morgan fingerprint density at radius 1 is 1.33 bits per heavy atom. The van der Waals surface area contributed by atoms with Crippen LogP contribution in [0.15, 0.2) is 39.9 Å². The van der Waals surface area contributed by atoms with Crippen molar-refractivity contribution in [2.24, 2.45) is 0 Å². The zero-order valence-corrected chi connectivity index (χ0v) is 14.2. The largest absolute Gasteiger partial charge is 0.357 e. The highest BCUT2D eigenvalue weighted by molar-refractivity contribution is 8.00. The number of anilines is 1. The van der Waals surface area contributed by atoms with Crippen molar-refractivity contribution in [2.45, 2.75) is 10.1 Å². The second kappa shape index (κ2) is 7.17. The maximum Gasteiger partial charge on any atom is 0.206 e. The molecule has 0 aliphatic carbocycles. The average Bonchev–Trinajstić information content (AvgIpc) is 3.22. The molecule has 21 heavy (non-hydrogen) atoms. The predicted molar refractivity (Wildman–Crippen MR) is 93.6 cm³/mol. The summed E-state index contributed by atoms with van der Waals surface area (Å²) in [4.78, 5) is 5.88. The first-order valence-electron chi connectivity index (χ1n) is 6.14. The highest BCUT2D eigenvalue weighted by Crippen LogP contribution is 2.31. The summed E-state index contributed by atoms with van der Waals surface area (Å²) in [6.45, 7) is 4.37. The third kappa shape index (κ3) is 3.91. The molecule has 0 aromatic carbocycles. The van der Waals surface area contributed by atoms with Gasteiger partial charge in [-0.05, 0) is 11.4 Å². The van der Waals surface area contributed by atoms with Crippen LogP contribution in [0.25, 0.3) is 9.88 Å². The number of nitrogens with one attached hydrogen (secondary N) is 1. The summed E-state index contributed by atoms with van der Waals surface area (Å²) >= 11 is 6.63. The first kappa shape index (κ1) is 14.7. The standard InChI is InChI=1S/C13H12N4S4/c1-2-5-14-12-16-17-13(21-12)20-8-9-7-19-11(15-9)10-4-3-6-18-10/h2-4,6-7H,1,5,8H2,(H,14,16). The molecule has 3 aromatic rings. The predicted octanol–water partition coefficient (Wildman–Crippen LogP) is 4.61. The van der Waals surface area contributed by atoms with Gasteiger partial charge in [0.15, 0.2) is 4.34 Å². The highest BCUT2D eigenvalue weighted by Gasteiger charge is 2.08. The first-order chi connectivity index (χ1) is 10.3. The van der Waals surface area contributed by atoms with E-state index in [-0.39, 0.29) is 0 Å². The third-order valence-electron chi connectivity index (χ3n) is 2.43. The van der Waals surface area contributed by atoms with Crippen LogP contribution in [0.4, 0.5) is 5.13 Å². The maximum atomic E-state index is 4.66. The lowest BCUT2D eigenvalue weighted by molar-refractivity contribution is 1.01. The molecule has 0 radical (unpaired) electrons. The van der Waals surface area contributed by atoms with E-state index in [1.54, 1.807) is 51.8 Å². The van der Waals surface area contributed by atoms with Gasteiger partial charge in [-0.1, -0.05) is 35.2 Å². The summed E-state index contributed by atoms with van der Waals surface area (Å²) < 4.78 is 0.951. The van der Waals surface area contributed by atoms with Gasteiger partial charge < -0.3 is 5.32 Å². The molecule has 0 fully saturated rings. The molecule has 0 atom stereocenters. The number of hydrogen-bond acceptors (Lipinski definition) is 8. The molecule has 3 heterocycles. The fraction of sp³-hybridized carbons (Fsp3) is 0.154. The van der Waals surface area contributed by atoms with E-state index in [1.165, 1.54) is 4.88 Å². The minimum atomic E-state index is 0.704. The molecule has 0 amide bonds. The van der Waals surface area contributed by atoms with Gasteiger partial charge in [-0.3, -0.25) is 0 Å². The van der Waals surface area contributed by atoms with E-state index in [0.29, 0.717) is 6.54 Å². The van der Waals surface area contributed by atoms with Gasteiger partial charge in [0.25, 0.3) is 0 Å². The Labute approximate surface area is 139 Å². The van der Waals surface area contributed by atoms with E-state index in [0.717, 1.165) is 25.9 Å². The summed E-state index contributed by atoms with van der Waals surface area (Å²) in [5.41, 5.74) is 1.09. The Morgan fingerprint density at radius 2 is 2.29 bits per heavy atom. The molecule has 0 aliphatic heterocycles. The van der Waals surface area contributed by atoms with Gasteiger partial charge in [0, 0.05) is 17.7 Å². The SMILES string of the molecule is C=CCNc1nnc(SCc2csc(-c3cccs3)n2)s1. The topological polar surface area (TPSA) is 50.7 Å². The van der Waals surface area contributed by atoms with Crippen molar-refractivity contribution in [2.75, 3.05) is 11.9 Å². The summed E-state index contributed by atoms with van der Waals surface area (Å²) in [7, 11) is 0. The number of thiophene rings is 1. The zero-order chi connectivity index (χ0) is 14.5. The highest BCUT2D eigenvalue weighted by atomic mass is 32.2. The Kier molecular flexibility index (Phi) is 5.02. The van der Waals surface area contributed by atoms with E-state index in [1.807, 2.05) is 0 Å². The number of hydrogen-bond donors (Lipinski definition) is 1. The minimum absolute atomic E-state index is 0.704. The van der Waals surface area contributed by atoms with Crippen LogP contribution in [0.3, 0.4) is 0 Å². The van der Waals surface area contributed by atoms with Crippen molar-refractivity contribution in [3.63, 3.8) is 0 Å². The first-order valence-corrected chi connectivity index (χ1v) is 9.70. The van der Waals surface area contributed by atoms with E-state index in [2.05, 4.69) is 50.0 Å². The van der Waals surface area contributed by atoms with Crippen LogP contribution < -0.4 is 5.32 Å². The Hall–Kier alpha value is -1.22. The summed E-state index contributed by atoms with van der Waals surface area (Å²) in [6, 6.07) is 4.15. The van der Waals surface area contributed by atoms with Gasteiger partial charge in [0.1, 0.15) is 5.01 Å². The molecule has 3 aromatic heterocycles. The molecule has 0 spiro atoms. The summed E-state index contributed by atoms with van der Waals surface area (Å²) in [6.07, 6.45) is 1.80. The molecular weight excluding hydrogens is 340 g/mol. The molecule has 0 saturated carbocycles. The lowest BCUT2D eigenvalue weighted by atomic mass is 10.5. The second-order valence-corrected chi connectivity index (χ2v) is 7.96. The van der Waals surface area contributed by atoms with Crippen LogP contribution in [0.2, 0.25) is 0 Å². The van der Waals surface area contributed by atoms with Crippen LogP contribution in [0, 0.1) is 0 Å². The van der Waals surface area contributed by atoms with E-state index in [4.69, 9.17) is 0 Å². The molecule has 108 valence electrons. The Balaban J connectivity index is 1.57. The minimum Gasteiger partial charge on any atom is -0.357 e. The third-order valence-corrected chi connectivity index (χ3v) is 6.41. The fourth-order valence-electron chi connectivity index (χ4n) is 1.52. The van der Waals surface area contributed by atoms with Crippen LogP contribution >= 0.6 is 45.8 Å². The molecule has 0 aliphatic rings. The van der Waals surface area contributed by atoms with Crippen molar-refractivity contribution >= 4 is 50.9 Å². The van der Waals surface area contributed by atoms with E-state index >= 15 is 0 Å². The quantitative estimate of drug-likeness (QED) is 0.497. The number of rotatable bonds is 7. The summed E-state index contributed by atoms with van der Waals surface area (Å²) in [5, 5.41) is 17.5. The number of aromatic nitrogens is 3. The lowest BCUT2D eigenvalue weighted by Crippen LogP contribution is -1.96. The van der Waals surface area contributed by atoms with Crippen molar-refractivity contribution in [1.82, 2.24) is 15.2 Å². The van der Waals surface area contributed by atoms with Crippen LogP contribution in [-0.2, 0) is 5.75 Å². The van der Waals surface area contributed by atoms with Gasteiger partial charge in [-0.2, -0.15) is 0 Å². The van der Waals surface area contributed by atoms with Crippen LogP contribution in [0.1, 0.15) is 5.69 Å². The number of thiazole rings is 1. The van der Waals surface area contributed by atoms with Gasteiger partial charge >= 0.3 is 0 Å². The molecule has 0 saturated heterocycles. The van der Waals surface area contributed by atoms with Crippen molar-refractivity contribution in [1.29, 1.82) is 0 Å². The molecular formula is C13H12N4S4. The van der Waals surface area contributed by atoms with E-state index < -0.39 is 0 Å². The Bertz CT molecular complexity index is 701. The maximum absolute atomic E-state index is 4.66. The molecule has 3 rings (SSSR count). The van der Waals surface area contributed by atoms with E-state index in [9.17, 15) is 0 Å². The van der Waals surface area contributed by atoms with Crippen molar-refractivity contribution < 1.29 is 0 Å². The number of thioether (sulfide) groups is 1. The lowest BCUT2D eigenvalue weighted by Gasteiger charge is -1.94. The average molecular weight is 353 g/mol. The van der Waals surface area contributed by atoms with Crippen LogP contribution in [-0.4, -0.2) is 21.7 Å². The monoisotopic (exact) mass is 352 g/mol. The summed E-state index contributed by atoms with van der Waals surface area (Å²) in [5.74, 6) is 0.817. The van der Waals surface area contributed by atoms with Gasteiger partial charge in [0.2, 0.25) is 5.13 Å². The smallest absolute Gasteiger partial charge is 0.206 e.